The highest BCUT2D eigenvalue weighted by molar-refractivity contribution is 6.67. The highest BCUT2D eigenvalue weighted by Gasteiger charge is 2.47. The van der Waals surface area contributed by atoms with Crippen LogP contribution in [-0.4, -0.2) is 5.37 Å². The number of epoxide rings is 1. The zero-order valence-corrected chi connectivity index (χ0v) is 10.7. The minimum absolute atomic E-state index is 0.0263. The predicted molar refractivity (Wildman–Crippen MR) is 72.8 cm³/mol. The summed E-state index contributed by atoms with van der Waals surface area (Å²) in [6, 6.07) is 15.5. The van der Waals surface area contributed by atoms with Gasteiger partial charge in [-0.05, 0) is 23.7 Å². The number of para-hydroxylation sites is 2. The molecule has 1 amide bonds. The van der Waals surface area contributed by atoms with Gasteiger partial charge in [0, 0.05) is 11.1 Å². The van der Waals surface area contributed by atoms with E-state index >= 15 is 0 Å². The number of hydrogen-bond acceptors (Lipinski definition) is 2. The number of anilines is 2. The van der Waals surface area contributed by atoms with Gasteiger partial charge in [-0.1, -0.05) is 36.4 Å². The van der Waals surface area contributed by atoms with Crippen LogP contribution >= 0.6 is 11.6 Å². The third-order valence-electron chi connectivity index (χ3n) is 3.64. The van der Waals surface area contributed by atoms with Crippen LogP contribution in [0.1, 0.15) is 23.3 Å². The topological polar surface area (TPSA) is 32.8 Å². The summed E-state index contributed by atoms with van der Waals surface area (Å²) in [5.41, 5.74) is 3.63. The van der Waals surface area contributed by atoms with E-state index in [0.29, 0.717) is 0 Å². The first-order chi connectivity index (χ1) is 9.27. The van der Waals surface area contributed by atoms with Crippen LogP contribution in [-0.2, 0) is 4.74 Å². The smallest absolute Gasteiger partial charge is 0.325 e. The van der Waals surface area contributed by atoms with E-state index in [9.17, 15) is 4.79 Å². The molecule has 0 aromatic heterocycles. The summed E-state index contributed by atoms with van der Waals surface area (Å²) in [6.45, 7) is 0. The second-order valence-electron chi connectivity index (χ2n) is 4.68. The van der Waals surface area contributed by atoms with Crippen LogP contribution in [0.2, 0.25) is 0 Å². The summed E-state index contributed by atoms with van der Waals surface area (Å²) in [5.74, 6) is 0. The molecule has 2 unspecified atom stereocenters. The molecular formula is C15H10ClNO2. The molecule has 1 saturated heterocycles. The van der Waals surface area contributed by atoms with Gasteiger partial charge in [0.05, 0.1) is 11.4 Å². The Bertz CT molecular complexity index is 634. The molecule has 2 aliphatic heterocycles. The van der Waals surface area contributed by atoms with Crippen LogP contribution in [0.4, 0.5) is 16.2 Å². The molecule has 0 aliphatic carbocycles. The summed E-state index contributed by atoms with van der Waals surface area (Å²) < 4.78 is 5.76. The van der Waals surface area contributed by atoms with Crippen LogP contribution in [0.25, 0.3) is 0 Å². The molecule has 0 saturated carbocycles. The summed E-state index contributed by atoms with van der Waals surface area (Å²) >= 11 is 5.79. The Morgan fingerprint density at radius 3 is 1.89 bits per heavy atom. The lowest BCUT2D eigenvalue weighted by Crippen LogP contribution is -2.21. The van der Waals surface area contributed by atoms with E-state index in [1.807, 2.05) is 48.5 Å². The summed E-state index contributed by atoms with van der Waals surface area (Å²) in [7, 11) is 0. The fourth-order valence-electron chi connectivity index (χ4n) is 2.77. The molecule has 19 heavy (non-hydrogen) atoms. The molecule has 2 aliphatic rings. The van der Waals surface area contributed by atoms with Gasteiger partial charge in [0.15, 0.2) is 0 Å². The fraction of sp³-hybridized carbons (Fsp3) is 0.133. The molecule has 1 fully saturated rings. The van der Waals surface area contributed by atoms with Gasteiger partial charge in [-0.3, -0.25) is 9.69 Å². The molecule has 4 rings (SSSR count). The van der Waals surface area contributed by atoms with Crippen molar-refractivity contribution in [2.45, 2.75) is 12.2 Å². The van der Waals surface area contributed by atoms with Crippen molar-refractivity contribution in [1.29, 1.82) is 0 Å². The fourth-order valence-corrected chi connectivity index (χ4v) is 2.95. The maximum Gasteiger partial charge on any atom is 0.325 e. The molecule has 0 bridgehead atoms. The molecule has 2 atom stereocenters. The van der Waals surface area contributed by atoms with Gasteiger partial charge in [-0.2, -0.15) is 0 Å². The minimum atomic E-state index is -0.499. The van der Waals surface area contributed by atoms with Gasteiger partial charge < -0.3 is 4.74 Å². The second kappa shape index (κ2) is 3.83. The van der Waals surface area contributed by atoms with Crippen molar-refractivity contribution >= 4 is 28.3 Å². The van der Waals surface area contributed by atoms with Crippen LogP contribution in [0.15, 0.2) is 48.5 Å². The van der Waals surface area contributed by atoms with Crippen molar-refractivity contribution in [3.8, 4) is 0 Å². The number of rotatable bonds is 0. The van der Waals surface area contributed by atoms with Crippen molar-refractivity contribution in [1.82, 2.24) is 0 Å². The molecule has 3 nitrogen and oxygen atoms in total. The van der Waals surface area contributed by atoms with Crippen molar-refractivity contribution in [3.63, 3.8) is 0 Å². The third-order valence-corrected chi connectivity index (χ3v) is 3.80. The van der Waals surface area contributed by atoms with E-state index < -0.39 is 5.37 Å². The Morgan fingerprint density at radius 1 is 0.947 bits per heavy atom. The first-order valence-electron chi connectivity index (χ1n) is 6.10. The standard InChI is InChI=1S/C15H10ClNO2/c16-15(18)17-11-7-3-1-5-9(11)13-14(19-13)10-6-2-4-8-12(10)17/h1-8,13-14H. The van der Waals surface area contributed by atoms with Crippen LogP contribution in [0.5, 0.6) is 0 Å². The minimum Gasteiger partial charge on any atom is -0.359 e. The zero-order chi connectivity index (χ0) is 13.0. The average molecular weight is 272 g/mol. The quantitative estimate of drug-likeness (QED) is 0.406. The Labute approximate surface area is 115 Å². The molecule has 0 radical (unpaired) electrons. The van der Waals surface area contributed by atoms with E-state index in [0.717, 1.165) is 22.5 Å². The molecule has 0 spiro atoms. The van der Waals surface area contributed by atoms with E-state index in [1.54, 1.807) is 4.90 Å². The lowest BCUT2D eigenvalue weighted by Gasteiger charge is -2.22. The normalized spacial score (nSPS) is 22.9. The Hall–Kier alpha value is -1.84. The number of amides is 1. The van der Waals surface area contributed by atoms with Gasteiger partial charge >= 0.3 is 5.37 Å². The van der Waals surface area contributed by atoms with Crippen LogP contribution < -0.4 is 4.90 Å². The lowest BCUT2D eigenvalue weighted by molar-refractivity contribution is 0.266. The van der Waals surface area contributed by atoms with Gasteiger partial charge in [0.25, 0.3) is 0 Å². The Morgan fingerprint density at radius 2 is 1.42 bits per heavy atom. The number of ether oxygens (including phenoxy) is 1. The van der Waals surface area contributed by atoms with Gasteiger partial charge in [-0.15, -0.1) is 0 Å². The molecule has 2 aromatic rings. The van der Waals surface area contributed by atoms with Crippen molar-refractivity contribution in [2.24, 2.45) is 0 Å². The van der Waals surface area contributed by atoms with E-state index in [1.165, 1.54) is 0 Å². The second-order valence-corrected chi connectivity index (χ2v) is 5.01. The Balaban J connectivity index is 2.02. The van der Waals surface area contributed by atoms with Gasteiger partial charge in [0.1, 0.15) is 12.2 Å². The van der Waals surface area contributed by atoms with Crippen molar-refractivity contribution in [3.05, 3.63) is 59.7 Å². The number of hydrogen-bond donors (Lipinski definition) is 0. The van der Waals surface area contributed by atoms with Crippen LogP contribution in [0.3, 0.4) is 0 Å². The Kier molecular flexibility index (Phi) is 2.22. The maximum absolute atomic E-state index is 11.8. The molecule has 0 N–H and O–H groups in total. The summed E-state index contributed by atoms with van der Waals surface area (Å²) in [5, 5.41) is -0.499. The molecular weight excluding hydrogens is 262 g/mol. The van der Waals surface area contributed by atoms with Crippen molar-refractivity contribution < 1.29 is 9.53 Å². The maximum atomic E-state index is 11.8. The number of fused-ring (bicyclic) bond motifs is 5. The molecule has 4 heteroatoms. The zero-order valence-electron chi connectivity index (χ0n) is 9.92. The van der Waals surface area contributed by atoms with E-state index in [2.05, 4.69) is 0 Å². The van der Waals surface area contributed by atoms with Crippen LogP contribution in [0, 0.1) is 0 Å². The van der Waals surface area contributed by atoms with Gasteiger partial charge in [-0.25, -0.2) is 0 Å². The predicted octanol–water partition coefficient (Wildman–Crippen LogP) is 4.31. The molecule has 2 heterocycles. The van der Waals surface area contributed by atoms with Gasteiger partial charge in [0.2, 0.25) is 0 Å². The largest absolute Gasteiger partial charge is 0.359 e. The van der Waals surface area contributed by atoms with E-state index in [4.69, 9.17) is 16.3 Å². The first kappa shape index (κ1) is 11.0. The number of halogens is 1. The van der Waals surface area contributed by atoms with E-state index in [-0.39, 0.29) is 12.2 Å². The number of carbonyl (C=O) groups excluding carboxylic acids is 1. The average Bonchev–Trinajstić information content (AvgIpc) is 3.19. The number of nitrogens with zero attached hydrogens (tertiary/aromatic N) is 1. The first-order valence-corrected chi connectivity index (χ1v) is 6.48. The monoisotopic (exact) mass is 271 g/mol. The lowest BCUT2D eigenvalue weighted by atomic mass is 10.0. The highest BCUT2D eigenvalue weighted by atomic mass is 35.5. The van der Waals surface area contributed by atoms with Crippen molar-refractivity contribution in [2.75, 3.05) is 4.90 Å². The molecule has 2 aromatic carbocycles. The highest BCUT2D eigenvalue weighted by Crippen LogP contribution is 2.58. The number of carbonyl (C=O) groups is 1. The summed E-state index contributed by atoms with van der Waals surface area (Å²) in [6.07, 6.45) is 0.0525. The SMILES string of the molecule is O=C(Cl)N1c2ccccc2C2OC2c2ccccc21. The summed E-state index contributed by atoms with van der Waals surface area (Å²) in [4.78, 5) is 13.4. The molecule has 94 valence electrons. The third kappa shape index (κ3) is 1.52. The number of benzene rings is 2.